The Labute approximate surface area is 136 Å². The number of nitrogens with one attached hydrogen (secondary N) is 2. The van der Waals surface area contributed by atoms with Gasteiger partial charge in [0.1, 0.15) is 5.60 Å². The van der Waals surface area contributed by atoms with E-state index in [2.05, 4.69) is 21.8 Å². The Kier molecular flexibility index (Phi) is 4.26. The molecule has 0 saturated heterocycles. The van der Waals surface area contributed by atoms with E-state index in [-0.39, 0.29) is 12.1 Å². The van der Waals surface area contributed by atoms with Gasteiger partial charge in [0.05, 0.1) is 11.7 Å². The molecule has 0 aliphatic heterocycles. The van der Waals surface area contributed by atoms with Crippen LogP contribution in [0.5, 0.6) is 0 Å². The van der Waals surface area contributed by atoms with Crippen LogP contribution >= 0.6 is 0 Å². The van der Waals surface area contributed by atoms with Crippen molar-refractivity contribution in [1.82, 2.24) is 20.2 Å². The molecule has 6 nitrogen and oxygen atoms in total. The molecule has 2 heterocycles. The second-order valence-corrected chi connectivity index (χ2v) is 7.09. The van der Waals surface area contributed by atoms with E-state index in [1.165, 1.54) is 5.56 Å². The third kappa shape index (κ3) is 4.01. The number of alkyl carbamates (subject to hydrolysis) is 1. The summed E-state index contributed by atoms with van der Waals surface area (Å²) < 4.78 is 7.14. The maximum atomic E-state index is 11.7. The second-order valence-electron chi connectivity index (χ2n) is 7.09. The molecule has 0 unspecified atom stereocenters. The average Bonchev–Trinajstić information content (AvgIpc) is 2.82. The quantitative estimate of drug-likeness (QED) is 0.909. The smallest absolute Gasteiger partial charge is 0.407 e. The van der Waals surface area contributed by atoms with Crippen LogP contribution in [0.15, 0.2) is 30.6 Å². The fourth-order valence-electron chi connectivity index (χ4n) is 2.75. The highest BCUT2D eigenvalue weighted by atomic mass is 16.6. The number of rotatable bonds is 4. The molecule has 1 aliphatic rings. The minimum Gasteiger partial charge on any atom is -0.444 e. The van der Waals surface area contributed by atoms with Crippen molar-refractivity contribution >= 4 is 11.6 Å². The molecule has 2 aromatic heterocycles. The van der Waals surface area contributed by atoms with Crippen molar-refractivity contribution in [3.8, 4) is 0 Å². The van der Waals surface area contributed by atoms with Gasteiger partial charge in [-0.15, -0.1) is 0 Å². The van der Waals surface area contributed by atoms with Gasteiger partial charge in [0, 0.05) is 30.4 Å². The Morgan fingerprint density at radius 3 is 2.87 bits per heavy atom. The Morgan fingerprint density at radius 1 is 1.35 bits per heavy atom. The minimum atomic E-state index is -0.449. The molecule has 0 aromatic carbocycles. The van der Waals surface area contributed by atoms with Crippen molar-refractivity contribution in [2.75, 3.05) is 0 Å². The number of ether oxygens (including phenoxy) is 1. The minimum absolute atomic E-state index is 0.200. The van der Waals surface area contributed by atoms with Crippen LogP contribution in [0.1, 0.15) is 39.2 Å². The molecular weight excluding hydrogens is 292 g/mol. The van der Waals surface area contributed by atoms with Crippen LogP contribution in [-0.4, -0.2) is 33.4 Å². The maximum Gasteiger partial charge on any atom is 0.407 e. The summed E-state index contributed by atoms with van der Waals surface area (Å²) in [5.41, 5.74) is 1.87. The normalized spacial score (nSPS) is 21.0. The standard InChI is InChI=1S/C17H24N4O2/c1-17(2,3)23-16(22)20-14-8-13(9-14)18-10-12-11-19-21-7-5-4-6-15(12)21/h4-7,11,13-14,18H,8-10H2,1-3H3,(H,20,22). The van der Waals surface area contributed by atoms with Gasteiger partial charge >= 0.3 is 6.09 Å². The number of amides is 1. The lowest BCUT2D eigenvalue weighted by Gasteiger charge is -2.36. The molecule has 0 bridgehead atoms. The van der Waals surface area contributed by atoms with Gasteiger partial charge in [0.2, 0.25) is 0 Å². The largest absolute Gasteiger partial charge is 0.444 e. The van der Waals surface area contributed by atoms with E-state index in [9.17, 15) is 4.79 Å². The zero-order chi connectivity index (χ0) is 16.4. The van der Waals surface area contributed by atoms with Gasteiger partial charge in [-0.3, -0.25) is 0 Å². The van der Waals surface area contributed by atoms with E-state index in [1.807, 2.05) is 49.8 Å². The zero-order valence-electron chi connectivity index (χ0n) is 13.9. The molecule has 1 saturated carbocycles. The number of fused-ring (bicyclic) bond motifs is 1. The summed E-state index contributed by atoms with van der Waals surface area (Å²) in [6, 6.07) is 6.68. The third-order valence-electron chi connectivity index (χ3n) is 3.95. The van der Waals surface area contributed by atoms with Crippen molar-refractivity contribution in [2.24, 2.45) is 0 Å². The molecule has 23 heavy (non-hydrogen) atoms. The molecule has 0 atom stereocenters. The van der Waals surface area contributed by atoms with Gasteiger partial charge < -0.3 is 15.4 Å². The topological polar surface area (TPSA) is 67.7 Å². The number of aromatic nitrogens is 2. The van der Waals surface area contributed by atoms with Crippen LogP contribution in [0.3, 0.4) is 0 Å². The summed E-state index contributed by atoms with van der Waals surface area (Å²) >= 11 is 0. The summed E-state index contributed by atoms with van der Waals surface area (Å²) in [6.07, 6.45) is 5.38. The first-order valence-electron chi connectivity index (χ1n) is 8.05. The molecule has 1 fully saturated rings. The van der Waals surface area contributed by atoms with Gasteiger partial charge in [-0.25, -0.2) is 9.31 Å². The van der Waals surface area contributed by atoms with Crippen molar-refractivity contribution in [3.05, 3.63) is 36.2 Å². The first-order chi connectivity index (χ1) is 10.9. The molecule has 2 aromatic rings. The summed E-state index contributed by atoms with van der Waals surface area (Å²) in [5, 5.41) is 10.8. The highest BCUT2D eigenvalue weighted by molar-refractivity contribution is 5.68. The van der Waals surface area contributed by atoms with Crippen LogP contribution in [0.4, 0.5) is 4.79 Å². The molecule has 1 amide bonds. The van der Waals surface area contributed by atoms with Gasteiger partial charge in [-0.1, -0.05) is 6.07 Å². The molecule has 3 rings (SSSR count). The average molecular weight is 316 g/mol. The van der Waals surface area contributed by atoms with Crippen LogP contribution < -0.4 is 10.6 Å². The number of hydrogen-bond donors (Lipinski definition) is 2. The predicted octanol–water partition coefficient (Wildman–Crippen LogP) is 2.48. The highest BCUT2D eigenvalue weighted by Gasteiger charge is 2.31. The van der Waals surface area contributed by atoms with Gasteiger partial charge in [0.25, 0.3) is 0 Å². The molecule has 1 aliphatic carbocycles. The van der Waals surface area contributed by atoms with Crippen LogP contribution in [0.2, 0.25) is 0 Å². The molecule has 0 spiro atoms. The van der Waals surface area contributed by atoms with Gasteiger partial charge in [-0.05, 0) is 45.7 Å². The monoisotopic (exact) mass is 316 g/mol. The van der Waals surface area contributed by atoms with E-state index in [0.29, 0.717) is 6.04 Å². The van der Waals surface area contributed by atoms with Crippen LogP contribution in [0.25, 0.3) is 5.52 Å². The van der Waals surface area contributed by atoms with Crippen molar-refractivity contribution in [1.29, 1.82) is 0 Å². The first-order valence-corrected chi connectivity index (χ1v) is 8.05. The second kappa shape index (κ2) is 6.20. The summed E-state index contributed by atoms with van der Waals surface area (Å²) in [6.45, 7) is 6.40. The molecule has 2 N–H and O–H groups in total. The summed E-state index contributed by atoms with van der Waals surface area (Å²) in [5.74, 6) is 0. The van der Waals surface area contributed by atoms with E-state index < -0.39 is 5.60 Å². The molecule has 0 radical (unpaired) electrons. The van der Waals surface area contributed by atoms with E-state index >= 15 is 0 Å². The summed E-state index contributed by atoms with van der Waals surface area (Å²) in [4.78, 5) is 11.7. The SMILES string of the molecule is CC(C)(C)OC(=O)NC1CC(NCc2cnn3ccccc23)C1. The van der Waals surface area contributed by atoms with Crippen molar-refractivity contribution in [3.63, 3.8) is 0 Å². The highest BCUT2D eigenvalue weighted by Crippen LogP contribution is 2.21. The molecular formula is C17H24N4O2. The van der Waals surface area contributed by atoms with E-state index in [1.54, 1.807) is 0 Å². The predicted molar refractivity (Wildman–Crippen MR) is 88.2 cm³/mol. The number of carbonyl (C=O) groups excluding carboxylic acids is 1. The molecule has 124 valence electrons. The van der Waals surface area contributed by atoms with E-state index in [0.717, 1.165) is 24.9 Å². The van der Waals surface area contributed by atoms with Crippen molar-refractivity contribution < 1.29 is 9.53 Å². The summed E-state index contributed by atoms with van der Waals surface area (Å²) in [7, 11) is 0. The lowest BCUT2D eigenvalue weighted by Crippen LogP contribution is -2.52. The molecule has 6 heteroatoms. The third-order valence-corrected chi connectivity index (χ3v) is 3.95. The Balaban J connectivity index is 1.42. The Bertz CT molecular complexity index is 683. The van der Waals surface area contributed by atoms with Crippen LogP contribution in [-0.2, 0) is 11.3 Å². The van der Waals surface area contributed by atoms with E-state index in [4.69, 9.17) is 4.74 Å². The number of hydrogen-bond acceptors (Lipinski definition) is 4. The number of carbonyl (C=O) groups is 1. The lowest BCUT2D eigenvalue weighted by molar-refractivity contribution is 0.0465. The fraction of sp³-hybridized carbons (Fsp3) is 0.529. The fourth-order valence-corrected chi connectivity index (χ4v) is 2.75. The zero-order valence-corrected chi connectivity index (χ0v) is 13.9. The number of pyridine rings is 1. The van der Waals surface area contributed by atoms with Gasteiger partial charge in [0.15, 0.2) is 0 Å². The Morgan fingerprint density at radius 2 is 2.13 bits per heavy atom. The van der Waals surface area contributed by atoms with Gasteiger partial charge in [-0.2, -0.15) is 5.10 Å². The lowest BCUT2D eigenvalue weighted by atomic mass is 9.87. The number of nitrogens with zero attached hydrogens (tertiary/aromatic N) is 2. The Hall–Kier alpha value is -2.08. The van der Waals surface area contributed by atoms with Crippen molar-refractivity contribution in [2.45, 2.75) is 57.8 Å². The first kappa shape index (κ1) is 15.8. The van der Waals surface area contributed by atoms with Crippen LogP contribution in [0, 0.1) is 0 Å². The maximum absolute atomic E-state index is 11.7.